The molecule has 104 valence electrons. The van der Waals surface area contributed by atoms with Crippen molar-refractivity contribution in [2.45, 2.75) is 6.54 Å². The smallest absolute Gasteiger partial charge is 0.337 e. The summed E-state index contributed by atoms with van der Waals surface area (Å²) in [6.45, 7) is 0.0549. The molecule has 0 radical (unpaired) electrons. The molecule has 2 aromatic rings. The molecule has 6 nitrogen and oxygen atoms in total. The van der Waals surface area contributed by atoms with Gasteiger partial charge >= 0.3 is 5.97 Å². The van der Waals surface area contributed by atoms with E-state index in [2.05, 4.69) is 5.32 Å². The van der Waals surface area contributed by atoms with Crippen molar-refractivity contribution in [3.05, 3.63) is 48.3 Å². The van der Waals surface area contributed by atoms with Gasteiger partial charge in [0.05, 0.1) is 12.7 Å². The Kier molecular flexibility index (Phi) is 4.05. The first kappa shape index (κ1) is 13.7. The Balaban J connectivity index is 1.95. The highest BCUT2D eigenvalue weighted by atomic mass is 16.5. The molecular formula is C14H14N2O4. The van der Waals surface area contributed by atoms with E-state index in [9.17, 15) is 9.59 Å². The van der Waals surface area contributed by atoms with Crippen LogP contribution in [-0.2, 0) is 11.3 Å². The van der Waals surface area contributed by atoms with Gasteiger partial charge in [0.2, 0.25) is 5.91 Å². The first-order valence-corrected chi connectivity index (χ1v) is 5.91. The lowest BCUT2D eigenvalue weighted by Gasteiger charge is -2.07. The number of ether oxygens (including phenoxy) is 1. The van der Waals surface area contributed by atoms with Crippen LogP contribution in [0.2, 0.25) is 0 Å². The van der Waals surface area contributed by atoms with Crippen molar-refractivity contribution in [3.8, 4) is 5.75 Å². The fourth-order valence-electron chi connectivity index (χ4n) is 1.71. The fraction of sp³-hybridized carbons (Fsp3) is 0.143. The molecule has 0 spiro atoms. The largest absolute Gasteiger partial charge is 0.497 e. The third-order valence-electron chi connectivity index (χ3n) is 2.70. The third-order valence-corrected chi connectivity index (χ3v) is 2.70. The zero-order valence-electron chi connectivity index (χ0n) is 10.9. The maximum atomic E-state index is 11.8. The maximum absolute atomic E-state index is 11.8. The molecule has 1 heterocycles. The number of carboxylic acid groups (broad SMARTS) is 1. The van der Waals surface area contributed by atoms with Crippen LogP contribution in [0.3, 0.4) is 0 Å². The number of benzene rings is 1. The van der Waals surface area contributed by atoms with Gasteiger partial charge in [-0.3, -0.25) is 4.79 Å². The molecule has 0 unspecified atom stereocenters. The van der Waals surface area contributed by atoms with E-state index in [-0.39, 0.29) is 18.0 Å². The Bertz CT molecular complexity index is 616. The van der Waals surface area contributed by atoms with Crippen LogP contribution in [0.25, 0.3) is 0 Å². The summed E-state index contributed by atoms with van der Waals surface area (Å²) in [5.41, 5.74) is 0.809. The Hall–Kier alpha value is -2.76. The van der Waals surface area contributed by atoms with Crippen LogP contribution in [0.4, 0.5) is 5.69 Å². The summed E-state index contributed by atoms with van der Waals surface area (Å²) in [7, 11) is 1.57. The van der Waals surface area contributed by atoms with Crippen molar-refractivity contribution < 1.29 is 19.4 Å². The number of carboxylic acids is 1. The Morgan fingerprint density at radius 3 is 2.50 bits per heavy atom. The van der Waals surface area contributed by atoms with Crippen molar-refractivity contribution in [1.29, 1.82) is 0 Å². The molecule has 0 fully saturated rings. The highest BCUT2D eigenvalue weighted by Crippen LogP contribution is 2.15. The first-order chi connectivity index (χ1) is 9.58. The number of nitrogens with one attached hydrogen (secondary N) is 1. The number of rotatable bonds is 5. The minimum Gasteiger partial charge on any atom is -0.497 e. The van der Waals surface area contributed by atoms with Gasteiger partial charge in [-0.25, -0.2) is 4.79 Å². The second-order valence-electron chi connectivity index (χ2n) is 4.15. The molecule has 1 aromatic carbocycles. The predicted octanol–water partition coefficient (Wildman–Crippen LogP) is 1.83. The van der Waals surface area contributed by atoms with E-state index < -0.39 is 5.97 Å². The topological polar surface area (TPSA) is 80.6 Å². The van der Waals surface area contributed by atoms with E-state index in [1.165, 1.54) is 16.8 Å². The molecule has 0 bridgehead atoms. The van der Waals surface area contributed by atoms with Gasteiger partial charge in [0, 0.05) is 18.1 Å². The zero-order chi connectivity index (χ0) is 14.5. The number of anilines is 1. The van der Waals surface area contributed by atoms with E-state index in [0.29, 0.717) is 11.4 Å². The fourth-order valence-corrected chi connectivity index (χ4v) is 1.71. The monoisotopic (exact) mass is 274 g/mol. The van der Waals surface area contributed by atoms with Crippen molar-refractivity contribution in [1.82, 2.24) is 4.57 Å². The molecule has 0 atom stereocenters. The molecule has 0 aliphatic rings. The summed E-state index contributed by atoms with van der Waals surface area (Å²) in [4.78, 5) is 22.5. The van der Waals surface area contributed by atoms with Gasteiger partial charge in [-0.1, -0.05) is 0 Å². The van der Waals surface area contributed by atoms with Crippen molar-refractivity contribution in [2.24, 2.45) is 0 Å². The van der Waals surface area contributed by atoms with Crippen LogP contribution in [0.1, 0.15) is 10.4 Å². The molecule has 0 aliphatic heterocycles. The highest BCUT2D eigenvalue weighted by Gasteiger charge is 2.07. The quantitative estimate of drug-likeness (QED) is 0.871. The number of aromatic nitrogens is 1. The number of carbonyl (C=O) groups excluding carboxylic acids is 1. The van der Waals surface area contributed by atoms with Crippen molar-refractivity contribution in [2.75, 3.05) is 12.4 Å². The van der Waals surface area contributed by atoms with Crippen LogP contribution < -0.4 is 10.1 Å². The van der Waals surface area contributed by atoms with Crippen LogP contribution in [0, 0.1) is 0 Å². The molecule has 20 heavy (non-hydrogen) atoms. The maximum Gasteiger partial charge on any atom is 0.337 e. The second kappa shape index (κ2) is 5.92. The lowest BCUT2D eigenvalue weighted by atomic mass is 10.3. The van der Waals surface area contributed by atoms with Gasteiger partial charge < -0.3 is 19.7 Å². The van der Waals surface area contributed by atoms with Gasteiger partial charge in [-0.2, -0.15) is 0 Å². The van der Waals surface area contributed by atoms with Gasteiger partial charge in [-0.05, 0) is 30.3 Å². The number of hydrogen-bond acceptors (Lipinski definition) is 3. The van der Waals surface area contributed by atoms with Crippen LogP contribution in [-0.4, -0.2) is 28.7 Å². The number of methoxy groups -OCH3 is 1. The summed E-state index contributed by atoms with van der Waals surface area (Å²) in [5.74, 6) is -0.540. The molecule has 2 N–H and O–H groups in total. The Labute approximate surface area is 115 Å². The third kappa shape index (κ3) is 3.38. The van der Waals surface area contributed by atoms with E-state index in [0.717, 1.165) is 0 Å². The number of hydrogen-bond donors (Lipinski definition) is 2. The summed E-state index contributed by atoms with van der Waals surface area (Å²) in [6, 6.07) is 8.40. The van der Waals surface area contributed by atoms with Crippen molar-refractivity contribution in [3.63, 3.8) is 0 Å². The molecule has 0 saturated carbocycles. The minimum atomic E-state index is -1.01. The average Bonchev–Trinajstić information content (AvgIpc) is 2.88. The summed E-state index contributed by atoms with van der Waals surface area (Å²) in [5, 5.41) is 11.5. The number of amides is 1. The van der Waals surface area contributed by atoms with Crippen LogP contribution in [0.5, 0.6) is 5.75 Å². The highest BCUT2D eigenvalue weighted by molar-refractivity contribution is 5.91. The molecule has 2 rings (SSSR count). The summed E-state index contributed by atoms with van der Waals surface area (Å²) >= 11 is 0. The van der Waals surface area contributed by atoms with Crippen molar-refractivity contribution >= 4 is 17.6 Å². The molecule has 1 aromatic heterocycles. The summed E-state index contributed by atoms with van der Waals surface area (Å²) in [6.07, 6.45) is 2.97. The molecule has 0 aliphatic carbocycles. The van der Waals surface area contributed by atoms with Gasteiger partial charge in [0.25, 0.3) is 0 Å². The molecule has 6 heteroatoms. The van der Waals surface area contributed by atoms with E-state index in [4.69, 9.17) is 9.84 Å². The minimum absolute atomic E-state index is 0.0549. The number of nitrogens with zero attached hydrogens (tertiary/aromatic N) is 1. The molecule has 0 saturated heterocycles. The average molecular weight is 274 g/mol. The molecule has 1 amide bonds. The second-order valence-corrected chi connectivity index (χ2v) is 4.15. The lowest BCUT2D eigenvalue weighted by Crippen LogP contribution is -2.17. The summed E-state index contributed by atoms with van der Waals surface area (Å²) < 4.78 is 6.54. The Morgan fingerprint density at radius 1 is 1.25 bits per heavy atom. The first-order valence-electron chi connectivity index (χ1n) is 5.91. The van der Waals surface area contributed by atoms with E-state index >= 15 is 0 Å². The van der Waals surface area contributed by atoms with Gasteiger partial charge in [0.15, 0.2) is 0 Å². The predicted molar refractivity (Wildman–Crippen MR) is 73.0 cm³/mol. The Morgan fingerprint density at radius 2 is 1.95 bits per heavy atom. The normalized spacial score (nSPS) is 10.1. The zero-order valence-corrected chi connectivity index (χ0v) is 10.9. The number of aromatic carboxylic acids is 1. The van der Waals surface area contributed by atoms with Gasteiger partial charge in [-0.15, -0.1) is 0 Å². The van der Waals surface area contributed by atoms with E-state index in [1.54, 1.807) is 37.6 Å². The van der Waals surface area contributed by atoms with Crippen LogP contribution in [0.15, 0.2) is 42.7 Å². The molecular weight excluding hydrogens is 260 g/mol. The lowest BCUT2D eigenvalue weighted by molar-refractivity contribution is -0.116. The SMILES string of the molecule is COc1ccc(NC(=O)Cn2ccc(C(=O)O)c2)cc1. The van der Waals surface area contributed by atoms with Crippen LogP contribution >= 0.6 is 0 Å². The standard InChI is InChI=1S/C14H14N2O4/c1-20-12-4-2-11(3-5-12)15-13(17)9-16-7-6-10(8-16)14(18)19/h2-8H,9H2,1H3,(H,15,17)(H,18,19). The van der Waals surface area contributed by atoms with E-state index in [1.807, 2.05) is 0 Å². The van der Waals surface area contributed by atoms with Gasteiger partial charge in [0.1, 0.15) is 12.3 Å². The number of carbonyl (C=O) groups is 2.